The molecule has 3 heterocycles. The summed E-state index contributed by atoms with van der Waals surface area (Å²) in [5.41, 5.74) is 4.16. The van der Waals surface area contributed by atoms with Gasteiger partial charge >= 0.3 is 0 Å². The first-order valence-corrected chi connectivity index (χ1v) is 11.5. The van der Waals surface area contributed by atoms with Crippen LogP contribution in [0.25, 0.3) is 0 Å². The molecular weight excluding hydrogens is 408 g/mol. The topological polar surface area (TPSA) is 56.8 Å². The molecule has 1 aromatic heterocycles. The first-order chi connectivity index (χ1) is 15.2. The number of hydrogen-bond acceptors (Lipinski definition) is 5. The molecule has 7 heteroatoms. The number of amides is 2. The third kappa shape index (κ3) is 3.98. The van der Waals surface area contributed by atoms with Gasteiger partial charge in [0.15, 0.2) is 0 Å². The molecule has 3 aromatic rings. The standard InChI is InChI=1S/C24H24N4O2S/c29-23(19-9-5-2-6-10-19)26-11-12-28(22(15-26)18-7-3-1-4-8-18)20-13-27(14-20)24(30)21-16-31-17-25-21/h1-10,16-17,20,22H,11-15H2. The summed E-state index contributed by atoms with van der Waals surface area (Å²) < 4.78 is 0. The number of aromatic nitrogens is 1. The molecule has 158 valence electrons. The van der Waals surface area contributed by atoms with Crippen molar-refractivity contribution in [2.24, 2.45) is 0 Å². The number of rotatable bonds is 4. The molecule has 31 heavy (non-hydrogen) atoms. The SMILES string of the molecule is O=C(c1ccccc1)N1CCN(C2CN(C(=O)c3cscn3)C2)C(c2ccccc2)C1. The first-order valence-electron chi connectivity index (χ1n) is 10.5. The van der Waals surface area contributed by atoms with Gasteiger partial charge in [-0.15, -0.1) is 11.3 Å². The van der Waals surface area contributed by atoms with Crippen LogP contribution in [0.3, 0.4) is 0 Å². The van der Waals surface area contributed by atoms with Crippen molar-refractivity contribution in [1.82, 2.24) is 19.7 Å². The number of piperazine rings is 1. The van der Waals surface area contributed by atoms with Gasteiger partial charge in [0, 0.05) is 49.7 Å². The van der Waals surface area contributed by atoms with Crippen LogP contribution in [0.5, 0.6) is 0 Å². The van der Waals surface area contributed by atoms with Gasteiger partial charge in [0.25, 0.3) is 11.8 Å². The Morgan fingerprint density at radius 1 is 0.839 bits per heavy atom. The number of thiazole rings is 1. The predicted octanol–water partition coefficient (Wildman–Crippen LogP) is 3.17. The second kappa shape index (κ2) is 8.61. The van der Waals surface area contributed by atoms with Crippen LogP contribution in [0.15, 0.2) is 71.6 Å². The molecule has 0 aliphatic carbocycles. The molecular formula is C24H24N4O2S. The zero-order valence-electron chi connectivity index (χ0n) is 17.1. The normalized spacial score (nSPS) is 19.8. The van der Waals surface area contributed by atoms with Crippen molar-refractivity contribution < 1.29 is 9.59 Å². The molecule has 2 aliphatic rings. The quantitative estimate of drug-likeness (QED) is 0.636. The first kappa shape index (κ1) is 19.9. The number of nitrogens with zero attached hydrogens (tertiary/aromatic N) is 4. The summed E-state index contributed by atoms with van der Waals surface area (Å²) in [6.45, 7) is 3.53. The third-order valence-corrected chi connectivity index (χ3v) is 6.77. The zero-order chi connectivity index (χ0) is 21.2. The molecule has 6 nitrogen and oxygen atoms in total. The minimum Gasteiger partial charge on any atom is -0.335 e. The molecule has 5 rings (SSSR count). The van der Waals surface area contributed by atoms with Gasteiger partial charge < -0.3 is 9.80 Å². The maximum Gasteiger partial charge on any atom is 0.273 e. The van der Waals surface area contributed by atoms with E-state index in [1.165, 1.54) is 16.9 Å². The largest absolute Gasteiger partial charge is 0.335 e. The van der Waals surface area contributed by atoms with Crippen LogP contribution in [0.2, 0.25) is 0 Å². The van der Waals surface area contributed by atoms with E-state index in [0.717, 1.165) is 12.1 Å². The van der Waals surface area contributed by atoms with Crippen LogP contribution in [-0.2, 0) is 0 Å². The summed E-state index contributed by atoms with van der Waals surface area (Å²) in [7, 11) is 0. The van der Waals surface area contributed by atoms with E-state index in [0.29, 0.717) is 37.9 Å². The summed E-state index contributed by atoms with van der Waals surface area (Å²) >= 11 is 1.44. The highest BCUT2D eigenvalue weighted by Gasteiger charge is 2.41. The van der Waals surface area contributed by atoms with Crippen LogP contribution in [-0.4, -0.2) is 70.3 Å². The van der Waals surface area contributed by atoms with E-state index in [2.05, 4.69) is 22.0 Å². The number of carbonyl (C=O) groups excluding carboxylic acids is 2. The van der Waals surface area contributed by atoms with Crippen LogP contribution in [0.4, 0.5) is 0 Å². The summed E-state index contributed by atoms with van der Waals surface area (Å²) in [5.74, 6) is 0.0850. The molecule has 2 saturated heterocycles. The van der Waals surface area contributed by atoms with Crippen molar-refractivity contribution in [2.45, 2.75) is 12.1 Å². The van der Waals surface area contributed by atoms with Crippen molar-refractivity contribution in [3.8, 4) is 0 Å². The average molecular weight is 433 g/mol. The molecule has 2 fully saturated rings. The number of benzene rings is 2. The lowest BCUT2D eigenvalue weighted by atomic mass is 9.96. The fraction of sp³-hybridized carbons (Fsp3) is 0.292. The Balaban J connectivity index is 1.31. The Morgan fingerprint density at radius 3 is 2.23 bits per heavy atom. The highest BCUT2D eigenvalue weighted by atomic mass is 32.1. The van der Waals surface area contributed by atoms with E-state index in [1.54, 1.807) is 10.9 Å². The molecule has 0 spiro atoms. The van der Waals surface area contributed by atoms with E-state index in [4.69, 9.17) is 0 Å². The Bertz CT molecular complexity index is 1040. The fourth-order valence-electron chi connectivity index (χ4n) is 4.46. The summed E-state index contributed by atoms with van der Waals surface area (Å²) in [5, 5.41) is 1.80. The fourth-order valence-corrected chi connectivity index (χ4v) is 4.99. The summed E-state index contributed by atoms with van der Waals surface area (Å²) in [6, 6.07) is 20.3. The number of carbonyl (C=O) groups is 2. The Morgan fingerprint density at radius 2 is 1.55 bits per heavy atom. The van der Waals surface area contributed by atoms with Crippen LogP contribution in [0.1, 0.15) is 32.5 Å². The molecule has 1 unspecified atom stereocenters. The van der Waals surface area contributed by atoms with Crippen molar-refractivity contribution >= 4 is 23.2 Å². The lowest BCUT2D eigenvalue weighted by molar-refractivity contribution is -0.0188. The summed E-state index contributed by atoms with van der Waals surface area (Å²) in [6.07, 6.45) is 0. The van der Waals surface area contributed by atoms with E-state index in [1.807, 2.05) is 58.3 Å². The molecule has 2 aliphatic heterocycles. The van der Waals surface area contributed by atoms with Gasteiger partial charge in [-0.3, -0.25) is 14.5 Å². The Kier molecular flexibility index (Phi) is 5.53. The highest BCUT2D eigenvalue weighted by molar-refractivity contribution is 7.07. The minimum atomic E-state index is 0.00616. The van der Waals surface area contributed by atoms with E-state index in [-0.39, 0.29) is 17.9 Å². The molecule has 0 radical (unpaired) electrons. The lowest BCUT2D eigenvalue weighted by Crippen LogP contribution is -2.65. The van der Waals surface area contributed by atoms with Gasteiger partial charge in [-0.2, -0.15) is 0 Å². The summed E-state index contributed by atoms with van der Waals surface area (Å²) in [4.78, 5) is 36.1. The molecule has 0 saturated carbocycles. The smallest absolute Gasteiger partial charge is 0.273 e. The van der Waals surface area contributed by atoms with Gasteiger partial charge in [-0.25, -0.2) is 4.98 Å². The third-order valence-electron chi connectivity index (χ3n) is 6.18. The van der Waals surface area contributed by atoms with E-state index in [9.17, 15) is 9.59 Å². The van der Waals surface area contributed by atoms with Gasteiger partial charge in [-0.1, -0.05) is 48.5 Å². The maximum atomic E-state index is 13.1. The zero-order valence-corrected chi connectivity index (χ0v) is 17.9. The van der Waals surface area contributed by atoms with Crippen molar-refractivity contribution in [3.63, 3.8) is 0 Å². The monoisotopic (exact) mass is 432 g/mol. The van der Waals surface area contributed by atoms with Crippen molar-refractivity contribution in [1.29, 1.82) is 0 Å². The van der Waals surface area contributed by atoms with Gasteiger partial charge in [-0.05, 0) is 17.7 Å². The Labute approximate surface area is 185 Å². The highest BCUT2D eigenvalue weighted by Crippen LogP contribution is 2.31. The average Bonchev–Trinajstić information content (AvgIpc) is 3.34. The molecule has 1 atom stereocenters. The molecule has 0 N–H and O–H groups in total. The number of likely N-dealkylation sites (tertiary alicyclic amines) is 1. The van der Waals surface area contributed by atoms with Crippen molar-refractivity contribution in [3.05, 3.63) is 88.4 Å². The predicted molar refractivity (Wildman–Crippen MR) is 120 cm³/mol. The Hall–Kier alpha value is -3.03. The maximum absolute atomic E-state index is 13.1. The molecule has 2 amide bonds. The molecule has 2 aromatic carbocycles. The van der Waals surface area contributed by atoms with Crippen LogP contribution < -0.4 is 0 Å². The van der Waals surface area contributed by atoms with Crippen LogP contribution >= 0.6 is 11.3 Å². The van der Waals surface area contributed by atoms with E-state index >= 15 is 0 Å². The van der Waals surface area contributed by atoms with E-state index < -0.39 is 0 Å². The minimum absolute atomic E-state index is 0.00616. The second-order valence-electron chi connectivity index (χ2n) is 8.02. The van der Waals surface area contributed by atoms with Crippen molar-refractivity contribution in [2.75, 3.05) is 32.7 Å². The second-order valence-corrected chi connectivity index (χ2v) is 8.74. The van der Waals surface area contributed by atoms with Gasteiger partial charge in [0.05, 0.1) is 11.6 Å². The van der Waals surface area contributed by atoms with Gasteiger partial charge in [0.1, 0.15) is 5.69 Å². The lowest BCUT2D eigenvalue weighted by Gasteiger charge is -2.51. The molecule has 0 bridgehead atoms. The number of hydrogen-bond donors (Lipinski definition) is 0. The van der Waals surface area contributed by atoms with Crippen LogP contribution in [0, 0.1) is 0 Å². The van der Waals surface area contributed by atoms with Gasteiger partial charge in [0.2, 0.25) is 0 Å².